The zero-order chi connectivity index (χ0) is 27.5. The van der Waals surface area contributed by atoms with E-state index in [1.54, 1.807) is 36.1 Å². The number of aryl methyl sites for hydroxylation is 2. The molecule has 2 N–H and O–H groups in total. The number of carbonyl (C=O) groups excluding carboxylic acids is 2. The number of anilines is 2. The van der Waals surface area contributed by atoms with Crippen molar-refractivity contribution >= 4 is 34.8 Å². The third-order valence-electron chi connectivity index (χ3n) is 8.07. The molecule has 1 aliphatic heterocycles. The number of amides is 2. The van der Waals surface area contributed by atoms with Crippen LogP contribution >= 0.6 is 11.6 Å². The quantitative estimate of drug-likeness (QED) is 0.332. The van der Waals surface area contributed by atoms with Crippen LogP contribution in [0, 0.1) is 25.6 Å². The van der Waals surface area contributed by atoms with Gasteiger partial charge in [-0.2, -0.15) is 0 Å². The SMILES string of the molecule is Cc1cc(NC(=O)[C@H]2CCCN(C(=O)c3c(C)cccc3F)C2c2ccc(NC3CCCC3)cc2)ccc1Cl. The topological polar surface area (TPSA) is 61.4 Å². The van der Waals surface area contributed by atoms with Gasteiger partial charge in [-0.25, -0.2) is 4.39 Å². The van der Waals surface area contributed by atoms with Gasteiger partial charge in [-0.3, -0.25) is 9.59 Å². The van der Waals surface area contributed by atoms with Gasteiger partial charge >= 0.3 is 0 Å². The Bertz CT molecular complexity index is 1330. The van der Waals surface area contributed by atoms with Gasteiger partial charge in [0.05, 0.1) is 17.5 Å². The van der Waals surface area contributed by atoms with Crippen LogP contribution in [0.25, 0.3) is 0 Å². The second-order valence-electron chi connectivity index (χ2n) is 10.8. The second-order valence-corrected chi connectivity index (χ2v) is 11.2. The smallest absolute Gasteiger partial charge is 0.257 e. The fraction of sp³-hybridized carbons (Fsp3) is 0.375. The van der Waals surface area contributed by atoms with Crippen LogP contribution in [0.15, 0.2) is 60.7 Å². The summed E-state index contributed by atoms with van der Waals surface area (Å²) in [5, 5.41) is 7.27. The fourth-order valence-electron chi connectivity index (χ4n) is 6.00. The fourth-order valence-corrected chi connectivity index (χ4v) is 6.11. The number of hydrogen-bond donors (Lipinski definition) is 2. The Balaban J connectivity index is 1.47. The predicted octanol–water partition coefficient (Wildman–Crippen LogP) is 7.68. The minimum Gasteiger partial charge on any atom is -0.382 e. The molecule has 3 aromatic carbocycles. The standard InChI is InChI=1S/C32H35ClFN3O2/c1-20-7-5-11-28(34)29(20)32(39)37-18-6-10-26(31(38)36-25-16-17-27(33)21(2)19-25)30(37)22-12-14-24(15-13-22)35-23-8-3-4-9-23/h5,7,11-17,19,23,26,30,35H,3-4,6,8-10,18H2,1-2H3,(H,36,38)/t26-,30?/m0/s1. The van der Waals surface area contributed by atoms with Gasteiger partial charge in [-0.1, -0.05) is 48.7 Å². The molecule has 3 aromatic rings. The molecule has 2 atom stereocenters. The molecule has 5 rings (SSSR count). The first-order valence-corrected chi connectivity index (χ1v) is 14.2. The number of nitrogens with zero attached hydrogens (tertiary/aromatic N) is 1. The van der Waals surface area contributed by atoms with Gasteiger partial charge in [-0.15, -0.1) is 0 Å². The molecule has 1 saturated heterocycles. The summed E-state index contributed by atoms with van der Waals surface area (Å²) in [6, 6.07) is 18.0. The first kappa shape index (κ1) is 27.2. The molecule has 0 radical (unpaired) electrons. The number of benzene rings is 3. The van der Waals surface area contributed by atoms with Crippen LogP contribution in [0.4, 0.5) is 15.8 Å². The summed E-state index contributed by atoms with van der Waals surface area (Å²) in [5.41, 5.74) is 4.06. The summed E-state index contributed by atoms with van der Waals surface area (Å²) in [6.45, 7) is 4.08. The minimum absolute atomic E-state index is 0.0661. The van der Waals surface area contributed by atoms with E-state index in [4.69, 9.17) is 11.6 Å². The Labute approximate surface area is 234 Å². The maximum atomic E-state index is 14.9. The minimum atomic E-state index is -0.543. The molecule has 1 heterocycles. The second kappa shape index (κ2) is 11.8. The van der Waals surface area contributed by atoms with E-state index in [0.717, 1.165) is 16.8 Å². The molecule has 0 aromatic heterocycles. The highest BCUT2D eigenvalue weighted by Gasteiger charge is 2.40. The molecule has 2 amide bonds. The Morgan fingerprint density at radius 2 is 1.62 bits per heavy atom. The maximum absolute atomic E-state index is 14.9. The van der Waals surface area contributed by atoms with Crippen molar-refractivity contribution in [2.75, 3.05) is 17.2 Å². The van der Waals surface area contributed by atoms with Gasteiger partial charge in [0.15, 0.2) is 0 Å². The lowest BCUT2D eigenvalue weighted by atomic mass is 9.83. The van der Waals surface area contributed by atoms with Crippen LogP contribution in [0.2, 0.25) is 5.02 Å². The molecule has 204 valence electrons. The number of hydrogen-bond acceptors (Lipinski definition) is 3. The molecule has 1 unspecified atom stereocenters. The Morgan fingerprint density at radius 3 is 2.31 bits per heavy atom. The molecule has 1 aliphatic carbocycles. The van der Waals surface area contributed by atoms with E-state index in [2.05, 4.69) is 10.6 Å². The lowest BCUT2D eigenvalue weighted by Crippen LogP contribution is -2.46. The predicted molar refractivity (Wildman–Crippen MR) is 155 cm³/mol. The molecule has 7 heteroatoms. The van der Waals surface area contributed by atoms with Crippen molar-refractivity contribution in [3.8, 4) is 0 Å². The summed E-state index contributed by atoms with van der Waals surface area (Å²) >= 11 is 6.18. The molecule has 2 aliphatic rings. The van der Waals surface area contributed by atoms with Crippen molar-refractivity contribution in [2.24, 2.45) is 5.92 Å². The van der Waals surface area contributed by atoms with E-state index in [9.17, 15) is 14.0 Å². The third-order valence-corrected chi connectivity index (χ3v) is 8.49. The van der Waals surface area contributed by atoms with Crippen LogP contribution in [-0.2, 0) is 4.79 Å². The first-order chi connectivity index (χ1) is 18.8. The largest absolute Gasteiger partial charge is 0.382 e. The Kier molecular flexibility index (Phi) is 8.22. The van der Waals surface area contributed by atoms with Crippen LogP contribution in [0.3, 0.4) is 0 Å². The van der Waals surface area contributed by atoms with E-state index in [1.807, 2.05) is 37.3 Å². The van der Waals surface area contributed by atoms with E-state index < -0.39 is 17.8 Å². The highest BCUT2D eigenvalue weighted by molar-refractivity contribution is 6.31. The van der Waals surface area contributed by atoms with Gasteiger partial charge in [0, 0.05) is 29.0 Å². The van der Waals surface area contributed by atoms with E-state index in [0.29, 0.717) is 41.7 Å². The summed E-state index contributed by atoms with van der Waals surface area (Å²) in [7, 11) is 0. The Hall–Kier alpha value is -3.38. The Morgan fingerprint density at radius 1 is 0.897 bits per heavy atom. The van der Waals surface area contributed by atoms with Gasteiger partial charge in [0.2, 0.25) is 5.91 Å². The monoisotopic (exact) mass is 547 g/mol. The lowest BCUT2D eigenvalue weighted by Gasteiger charge is -2.41. The molecule has 0 spiro atoms. The van der Waals surface area contributed by atoms with Crippen molar-refractivity contribution in [1.82, 2.24) is 4.90 Å². The zero-order valence-corrected chi connectivity index (χ0v) is 23.2. The number of carbonyl (C=O) groups is 2. The molecule has 1 saturated carbocycles. The van der Waals surface area contributed by atoms with Crippen molar-refractivity contribution in [3.63, 3.8) is 0 Å². The van der Waals surface area contributed by atoms with Gasteiger partial charge in [0.25, 0.3) is 5.91 Å². The van der Waals surface area contributed by atoms with Crippen LogP contribution in [0.1, 0.15) is 71.6 Å². The van der Waals surface area contributed by atoms with E-state index in [-0.39, 0.29) is 17.4 Å². The number of rotatable bonds is 6. The highest BCUT2D eigenvalue weighted by atomic mass is 35.5. The zero-order valence-electron chi connectivity index (χ0n) is 22.5. The summed E-state index contributed by atoms with van der Waals surface area (Å²) < 4.78 is 14.9. The molecular weight excluding hydrogens is 513 g/mol. The number of halogens is 2. The van der Waals surface area contributed by atoms with Crippen molar-refractivity contribution in [1.29, 1.82) is 0 Å². The van der Waals surface area contributed by atoms with Crippen molar-refractivity contribution < 1.29 is 14.0 Å². The van der Waals surface area contributed by atoms with Crippen LogP contribution < -0.4 is 10.6 Å². The number of piperidine rings is 1. The summed E-state index contributed by atoms with van der Waals surface area (Å²) in [5.74, 6) is -1.60. The highest BCUT2D eigenvalue weighted by Crippen LogP contribution is 2.39. The van der Waals surface area contributed by atoms with Crippen LogP contribution in [0.5, 0.6) is 0 Å². The number of likely N-dealkylation sites (tertiary alicyclic amines) is 1. The van der Waals surface area contributed by atoms with Gasteiger partial charge in [-0.05, 0) is 92.6 Å². The average molecular weight is 548 g/mol. The molecule has 5 nitrogen and oxygen atoms in total. The van der Waals surface area contributed by atoms with Crippen LogP contribution in [-0.4, -0.2) is 29.3 Å². The van der Waals surface area contributed by atoms with E-state index in [1.165, 1.54) is 31.7 Å². The molecular formula is C32H35ClFN3O2. The molecule has 0 bridgehead atoms. The molecule has 2 fully saturated rings. The molecule has 39 heavy (non-hydrogen) atoms. The third kappa shape index (κ3) is 5.96. The summed E-state index contributed by atoms with van der Waals surface area (Å²) in [4.78, 5) is 29.3. The maximum Gasteiger partial charge on any atom is 0.257 e. The van der Waals surface area contributed by atoms with Gasteiger partial charge in [0.1, 0.15) is 5.82 Å². The lowest BCUT2D eigenvalue weighted by molar-refractivity contribution is -0.123. The number of nitrogens with one attached hydrogen (secondary N) is 2. The normalized spacial score (nSPS) is 19.6. The summed E-state index contributed by atoms with van der Waals surface area (Å²) in [6.07, 6.45) is 6.09. The van der Waals surface area contributed by atoms with Crippen molar-refractivity contribution in [3.05, 3.63) is 93.8 Å². The van der Waals surface area contributed by atoms with Gasteiger partial charge < -0.3 is 15.5 Å². The van der Waals surface area contributed by atoms with Crippen molar-refractivity contribution in [2.45, 2.75) is 64.5 Å². The van der Waals surface area contributed by atoms with E-state index >= 15 is 0 Å². The first-order valence-electron chi connectivity index (χ1n) is 13.8. The average Bonchev–Trinajstić information content (AvgIpc) is 3.44.